The third kappa shape index (κ3) is 4.83. The fourth-order valence-corrected chi connectivity index (χ4v) is 3.69. The smallest absolute Gasteiger partial charge is 0.266 e. The summed E-state index contributed by atoms with van der Waals surface area (Å²) in [6.45, 7) is 4.16. The quantitative estimate of drug-likeness (QED) is 0.459. The van der Waals surface area contributed by atoms with Crippen LogP contribution in [-0.2, 0) is 9.59 Å². The zero-order chi connectivity index (χ0) is 20.8. The number of thioether (sulfide) groups is 1. The van der Waals surface area contributed by atoms with E-state index in [2.05, 4.69) is 15.6 Å². The fraction of sp³-hybridized carbons (Fsp3) is 0.238. The maximum Gasteiger partial charge on any atom is 0.266 e. The molecule has 7 nitrogen and oxygen atoms in total. The van der Waals surface area contributed by atoms with Crippen molar-refractivity contribution in [1.82, 2.24) is 20.2 Å². The Morgan fingerprint density at radius 3 is 2.52 bits per heavy atom. The second kappa shape index (κ2) is 9.38. The molecule has 0 spiro atoms. The molecule has 0 unspecified atom stereocenters. The summed E-state index contributed by atoms with van der Waals surface area (Å²) >= 11 is 1.16. The van der Waals surface area contributed by atoms with E-state index in [1.807, 2.05) is 44.2 Å². The van der Waals surface area contributed by atoms with Gasteiger partial charge in [0.25, 0.3) is 5.56 Å². The number of hydrogen-bond donors (Lipinski definition) is 2. The van der Waals surface area contributed by atoms with Crippen LogP contribution in [0, 0.1) is 6.92 Å². The van der Waals surface area contributed by atoms with E-state index in [1.54, 1.807) is 22.8 Å². The molecular weight excluding hydrogens is 388 g/mol. The van der Waals surface area contributed by atoms with Gasteiger partial charge < -0.3 is 10.6 Å². The Morgan fingerprint density at radius 1 is 1.03 bits per heavy atom. The minimum Gasteiger partial charge on any atom is -0.355 e. The molecule has 0 aliphatic heterocycles. The van der Waals surface area contributed by atoms with E-state index in [9.17, 15) is 14.4 Å². The van der Waals surface area contributed by atoms with Crippen molar-refractivity contribution >= 4 is 34.5 Å². The predicted molar refractivity (Wildman–Crippen MR) is 114 cm³/mol. The van der Waals surface area contributed by atoms with Crippen molar-refractivity contribution in [2.75, 3.05) is 18.8 Å². The molecule has 29 heavy (non-hydrogen) atoms. The highest BCUT2D eigenvalue weighted by Crippen LogP contribution is 2.22. The van der Waals surface area contributed by atoms with Gasteiger partial charge in [-0.05, 0) is 37.6 Å². The number of carbonyl (C=O) groups excluding carboxylic acids is 2. The van der Waals surface area contributed by atoms with Crippen molar-refractivity contribution in [3.05, 3.63) is 64.4 Å². The maximum absolute atomic E-state index is 13.2. The van der Waals surface area contributed by atoms with Crippen LogP contribution in [-0.4, -0.2) is 40.2 Å². The Balaban J connectivity index is 1.91. The zero-order valence-electron chi connectivity index (χ0n) is 16.3. The van der Waals surface area contributed by atoms with Gasteiger partial charge >= 0.3 is 0 Å². The minimum atomic E-state index is -0.306. The molecule has 2 amide bonds. The van der Waals surface area contributed by atoms with Crippen LogP contribution in [0.25, 0.3) is 16.6 Å². The lowest BCUT2D eigenvalue weighted by atomic mass is 10.2. The van der Waals surface area contributed by atoms with E-state index < -0.39 is 0 Å². The highest BCUT2D eigenvalue weighted by atomic mass is 32.2. The summed E-state index contributed by atoms with van der Waals surface area (Å²) in [7, 11) is 0. The number of amides is 2. The van der Waals surface area contributed by atoms with E-state index in [-0.39, 0.29) is 29.7 Å². The number of nitrogens with one attached hydrogen (secondary N) is 2. The van der Waals surface area contributed by atoms with Crippen molar-refractivity contribution in [2.24, 2.45) is 0 Å². The van der Waals surface area contributed by atoms with Crippen molar-refractivity contribution in [3.63, 3.8) is 0 Å². The number of aromatic nitrogens is 2. The van der Waals surface area contributed by atoms with Gasteiger partial charge in [0.15, 0.2) is 5.16 Å². The van der Waals surface area contributed by atoms with Gasteiger partial charge in [-0.2, -0.15) is 0 Å². The molecule has 8 heteroatoms. The number of nitrogens with zero attached hydrogens (tertiary/aromatic N) is 2. The highest BCUT2D eigenvalue weighted by molar-refractivity contribution is 7.99. The Hall–Kier alpha value is -3.13. The molecular formula is C21H22N4O3S. The minimum absolute atomic E-state index is 0.0378. The number of rotatable bonds is 7. The topological polar surface area (TPSA) is 93.1 Å². The molecule has 0 atom stereocenters. The first-order chi connectivity index (χ1) is 14.0. The van der Waals surface area contributed by atoms with Gasteiger partial charge in [0.2, 0.25) is 11.8 Å². The molecule has 0 radical (unpaired) electrons. The van der Waals surface area contributed by atoms with Crippen LogP contribution in [0.4, 0.5) is 0 Å². The lowest BCUT2D eigenvalue weighted by molar-refractivity contribution is -0.124. The number of aryl methyl sites for hydroxylation is 1. The van der Waals surface area contributed by atoms with E-state index in [0.29, 0.717) is 22.6 Å². The van der Waals surface area contributed by atoms with E-state index >= 15 is 0 Å². The third-order valence-electron chi connectivity index (χ3n) is 4.25. The molecule has 1 aromatic heterocycles. The summed E-state index contributed by atoms with van der Waals surface area (Å²) in [5, 5.41) is 6.14. The SMILES string of the molecule is CCNC(=O)CNC(=O)CSc1nc2ccccc2c(=O)n1-c1ccccc1C. The van der Waals surface area contributed by atoms with E-state index in [0.717, 1.165) is 23.0 Å². The summed E-state index contributed by atoms with van der Waals surface area (Å²) in [6.07, 6.45) is 0. The first-order valence-electron chi connectivity index (χ1n) is 9.25. The second-order valence-electron chi connectivity index (χ2n) is 6.36. The third-order valence-corrected chi connectivity index (χ3v) is 5.19. The number of carbonyl (C=O) groups is 2. The van der Waals surface area contributed by atoms with Gasteiger partial charge in [0.05, 0.1) is 28.9 Å². The van der Waals surface area contributed by atoms with E-state index in [4.69, 9.17) is 0 Å². The zero-order valence-corrected chi connectivity index (χ0v) is 17.1. The molecule has 0 saturated heterocycles. The van der Waals surface area contributed by atoms with E-state index in [1.165, 1.54) is 0 Å². The summed E-state index contributed by atoms with van der Waals surface area (Å²) in [4.78, 5) is 41.5. The second-order valence-corrected chi connectivity index (χ2v) is 7.30. The molecule has 2 aromatic carbocycles. The molecule has 0 bridgehead atoms. The maximum atomic E-state index is 13.2. The molecule has 2 N–H and O–H groups in total. The predicted octanol–water partition coefficient (Wildman–Crippen LogP) is 2.04. The van der Waals surface area contributed by atoms with Crippen molar-refractivity contribution in [3.8, 4) is 5.69 Å². The molecule has 1 heterocycles. The number of likely N-dealkylation sites (N-methyl/N-ethyl adjacent to an activating group) is 1. The van der Waals surface area contributed by atoms with Gasteiger partial charge in [-0.3, -0.25) is 19.0 Å². The summed E-state index contributed by atoms with van der Waals surface area (Å²) in [5.41, 5.74) is 2.04. The van der Waals surface area contributed by atoms with Crippen LogP contribution in [0.15, 0.2) is 58.5 Å². The van der Waals surface area contributed by atoms with Gasteiger partial charge in [0, 0.05) is 6.54 Å². The highest BCUT2D eigenvalue weighted by Gasteiger charge is 2.16. The van der Waals surface area contributed by atoms with Crippen LogP contribution >= 0.6 is 11.8 Å². The number of benzene rings is 2. The summed E-state index contributed by atoms with van der Waals surface area (Å²) in [6, 6.07) is 14.7. The van der Waals surface area contributed by atoms with Crippen molar-refractivity contribution < 1.29 is 9.59 Å². The largest absolute Gasteiger partial charge is 0.355 e. The van der Waals surface area contributed by atoms with Crippen molar-refractivity contribution in [2.45, 2.75) is 19.0 Å². The molecule has 3 rings (SSSR count). The van der Waals surface area contributed by atoms with Crippen LogP contribution in [0.2, 0.25) is 0 Å². The Labute approximate surface area is 172 Å². The molecule has 0 saturated carbocycles. The average molecular weight is 410 g/mol. The monoisotopic (exact) mass is 410 g/mol. The van der Waals surface area contributed by atoms with Crippen LogP contribution in [0.5, 0.6) is 0 Å². The Kier molecular flexibility index (Phi) is 6.66. The first-order valence-corrected chi connectivity index (χ1v) is 10.2. The van der Waals surface area contributed by atoms with Gasteiger partial charge in [0.1, 0.15) is 0 Å². The van der Waals surface area contributed by atoms with Crippen LogP contribution in [0.3, 0.4) is 0 Å². The summed E-state index contributed by atoms with van der Waals surface area (Å²) < 4.78 is 1.54. The van der Waals surface area contributed by atoms with Crippen LogP contribution < -0.4 is 16.2 Å². The van der Waals surface area contributed by atoms with Gasteiger partial charge in [-0.15, -0.1) is 0 Å². The number of hydrogen-bond acceptors (Lipinski definition) is 5. The fourth-order valence-electron chi connectivity index (χ4n) is 2.86. The molecule has 150 valence electrons. The first kappa shape index (κ1) is 20.6. The number of fused-ring (bicyclic) bond motifs is 1. The molecule has 0 fully saturated rings. The van der Waals surface area contributed by atoms with Crippen LogP contribution in [0.1, 0.15) is 12.5 Å². The Bertz CT molecular complexity index is 1110. The number of para-hydroxylation sites is 2. The Morgan fingerprint density at radius 2 is 1.76 bits per heavy atom. The standard InChI is InChI=1S/C21H22N4O3S/c1-3-22-18(26)12-23-19(27)13-29-21-24-16-10-6-5-9-15(16)20(28)25(21)17-11-7-4-8-14(17)2/h4-11H,3,12-13H2,1-2H3,(H,22,26)(H,23,27). The molecule has 3 aromatic rings. The van der Waals surface area contributed by atoms with Gasteiger partial charge in [-0.1, -0.05) is 42.1 Å². The lowest BCUT2D eigenvalue weighted by Gasteiger charge is -2.15. The van der Waals surface area contributed by atoms with Gasteiger partial charge in [-0.25, -0.2) is 4.98 Å². The lowest BCUT2D eigenvalue weighted by Crippen LogP contribution is -2.37. The normalized spacial score (nSPS) is 10.7. The van der Waals surface area contributed by atoms with Crippen molar-refractivity contribution in [1.29, 1.82) is 0 Å². The average Bonchev–Trinajstić information content (AvgIpc) is 2.72. The summed E-state index contributed by atoms with van der Waals surface area (Å²) in [5.74, 6) is -0.512. The molecule has 0 aliphatic carbocycles. The molecule has 0 aliphatic rings.